The van der Waals surface area contributed by atoms with E-state index in [1.54, 1.807) is 10.7 Å². The minimum absolute atomic E-state index is 0.0586. The first-order valence-corrected chi connectivity index (χ1v) is 3.60. The first kappa shape index (κ1) is 6.79. The molecule has 1 atom stereocenters. The highest BCUT2D eigenvalue weighted by Gasteiger charge is 2.22. The molecule has 1 aliphatic rings. The second-order valence-electron chi connectivity index (χ2n) is 2.77. The smallest absolute Gasteiger partial charge is 0.125 e. The molecule has 0 spiro atoms. The summed E-state index contributed by atoms with van der Waals surface area (Å²) >= 11 is 0. The van der Waals surface area contributed by atoms with Crippen LogP contribution in [0.5, 0.6) is 0 Å². The normalized spacial score (nSPS) is 22.2. The highest BCUT2D eigenvalue weighted by atomic mass is 19.1. The molecule has 2 heterocycles. The second kappa shape index (κ2) is 2.30. The maximum Gasteiger partial charge on any atom is 0.125 e. The number of aliphatic hydroxyl groups excluding tert-OH is 1. The van der Waals surface area contributed by atoms with E-state index in [-0.39, 0.29) is 6.61 Å². The number of aromatic nitrogens is 2. The van der Waals surface area contributed by atoms with Gasteiger partial charge in [-0.1, -0.05) is 0 Å². The fourth-order valence-electron chi connectivity index (χ4n) is 1.39. The van der Waals surface area contributed by atoms with Crippen molar-refractivity contribution in [3.8, 4) is 0 Å². The van der Waals surface area contributed by atoms with Crippen LogP contribution in [0.1, 0.15) is 11.4 Å². The number of rotatable bonds is 1. The van der Waals surface area contributed by atoms with Crippen molar-refractivity contribution in [2.24, 2.45) is 0 Å². The molecule has 0 bridgehead atoms. The maximum absolute atomic E-state index is 12.7. The number of aliphatic hydroxyl groups is 1. The lowest BCUT2D eigenvalue weighted by Crippen LogP contribution is -2.03. The molecule has 0 saturated carbocycles. The zero-order chi connectivity index (χ0) is 7.84. The first-order valence-electron chi connectivity index (χ1n) is 3.60. The van der Waals surface area contributed by atoms with Gasteiger partial charge in [-0.15, -0.1) is 0 Å². The Bertz CT molecular complexity index is 248. The lowest BCUT2D eigenvalue weighted by Gasteiger charge is -1.93. The summed E-state index contributed by atoms with van der Waals surface area (Å²) in [4.78, 5) is 0. The van der Waals surface area contributed by atoms with Gasteiger partial charge in [-0.05, 0) is 6.07 Å². The van der Waals surface area contributed by atoms with E-state index in [1.165, 1.54) is 0 Å². The van der Waals surface area contributed by atoms with Crippen LogP contribution in [0.25, 0.3) is 0 Å². The molecular formula is C7H9FN2O. The summed E-state index contributed by atoms with van der Waals surface area (Å²) in [7, 11) is 0. The zero-order valence-electron chi connectivity index (χ0n) is 6.00. The number of hydrogen-bond donors (Lipinski definition) is 1. The average molecular weight is 156 g/mol. The van der Waals surface area contributed by atoms with E-state index in [1.807, 2.05) is 0 Å². The van der Waals surface area contributed by atoms with Gasteiger partial charge in [-0.25, -0.2) is 4.39 Å². The van der Waals surface area contributed by atoms with Crippen LogP contribution in [-0.2, 0) is 19.6 Å². The predicted octanol–water partition coefficient (Wildman–Crippen LogP) is 0.270. The summed E-state index contributed by atoms with van der Waals surface area (Å²) in [5.41, 5.74) is 1.52. The van der Waals surface area contributed by atoms with Crippen molar-refractivity contribution in [3.05, 3.63) is 17.5 Å². The zero-order valence-corrected chi connectivity index (χ0v) is 6.00. The molecule has 1 aromatic heterocycles. The van der Waals surface area contributed by atoms with Crippen LogP contribution in [0.4, 0.5) is 4.39 Å². The van der Waals surface area contributed by atoms with E-state index >= 15 is 0 Å². The second-order valence-corrected chi connectivity index (χ2v) is 2.77. The van der Waals surface area contributed by atoms with Crippen molar-refractivity contribution in [2.75, 3.05) is 0 Å². The van der Waals surface area contributed by atoms with Gasteiger partial charge in [0.1, 0.15) is 6.17 Å². The first-order chi connectivity index (χ1) is 5.29. The maximum atomic E-state index is 12.7. The van der Waals surface area contributed by atoms with Gasteiger partial charge >= 0.3 is 0 Å². The number of halogens is 1. The summed E-state index contributed by atoms with van der Waals surface area (Å²) in [6.45, 7) is 0.284. The summed E-state index contributed by atoms with van der Waals surface area (Å²) in [5.74, 6) is 0. The molecule has 60 valence electrons. The van der Waals surface area contributed by atoms with Crippen molar-refractivity contribution >= 4 is 0 Å². The van der Waals surface area contributed by atoms with E-state index < -0.39 is 6.17 Å². The lowest BCUT2D eigenvalue weighted by molar-refractivity contribution is 0.272. The third kappa shape index (κ3) is 1.03. The molecule has 0 saturated heterocycles. The number of nitrogens with zero attached hydrogens (tertiary/aromatic N) is 2. The molecule has 1 aliphatic heterocycles. The van der Waals surface area contributed by atoms with E-state index in [2.05, 4.69) is 5.10 Å². The third-order valence-electron chi connectivity index (χ3n) is 1.88. The Balaban J connectivity index is 2.29. The number of alkyl halides is 1. The van der Waals surface area contributed by atoms with Crippen molar-refractivity contribution in [1.82, 2.24) is 9.78 Å². The lowest BCUT2D eigenvalue weighted by atomic mass is 10.2. The van der Waals surface area contributed by atoms with Gasteiger partial charge in [0, 0.05) is 12.1 Å². The molecule has 0 aromatic carbocycles. The minimum Gasteiger partial charge on any atom is -0.390 e. The van der Waals surface area contributed by atoms with E-state index in [4.69, 9.17) is 5.11 Å². The van der Waals surface area contributed by atoms with Gasteiger partial charge in [0.25, 0.3) is 0 Å². The Hall–Kier alpha value is -0.900. The molecule has 0 unspecified atom stereocenters. The standard InChI is InChI=1S/C7H9FN2O/c8-5-1-7-2-6(4-11)9-10(7)3-5/h2,5,11H,1,3-4H2/t5-/m1/s1. The van der Waals surface area contributed by atoms with Gasteiger partial charge in [-0.3, -0.25) is 4.68 Å². The molecule has 0 aliphatic carbocycles. The average Bonchev–Trinajstić information content (AvgIpc) is 2.43. The van der Waals surface area contributed by atoms with Gasteiger partial charge in [0.15, 0.2) is 0 Å². The van der Waals surface area contributed by atoms with E-state index in [9.17, 15) is 4.39 Å². The van der Waals surface area contributed by atoms with E-state index in [0.717, 1.165) is 5.69 Å². The highest BCUT2D eigenvalue weighted by Crippen LogP contribution is 2.17. The quantitative estimate of drug-likeness (QED) is 0.633. The molecule has 1 aromatic rings. The molecule has 11 heavy (non-hydrogen) atoms. The molecule has 0 radical (unpaired) electrons. The summed E-state index contributed by atoms with van der Waals surface area (Å²) < 4.78 is 14.3. The van der Waals surface area contributed by atoms with Crippen molar-refractivity contribution in [3.63, 3.8) is 0 Å². The van der Waals surface area contributed by atoms with Crippen molar-refractivity contribution < 1.29 is 9.50 Å². The largest absolute Gasteiger partial charge is 0.390 e. The summed E-state index contributed by atoms with van der Waals surface area (Å²) in [5, 5.41) is 12.7. The molecule has 0 fully saturated rings. The fourth-order valence-corrected chi connectivity index (χ4v) is 1.39. The molecular weight excluding hydrogens is 147 g/mol. The molecule has 0 amide bonds. The molecule has 4 heteroatoms. The number of fused-ring (bicyclic) bond motifs is 1. The number of hydrogen-bond acceptors (Lipinski definition) is 2. The molecule has 2 rings (SSSR count). The van der Waals surface area contributed by atoms with Crippen LogP contribution in [0.15, 0.2) is 6.07 Å². The van der Waals surface area contributed by atoms with Crippen molar-refractivity contribution in [2.45, 2.75) is 25.7 Å². The SMILES string of the molecule is OCc1cc2n(n1)C[C@H](F)C2. The topological polar surface area (TPSA) is 38.0 Å². The van der Waals surface area contributed by atoms with Gasteiger partial charge in [-0.2, -0.15) is 5.10 Å². The minimum atomic E-state index is -0.787. The Labute approximate surface area is 63.5 Å². The Kier molecular flexibility index (Phi) is 1.42. The fraction of sp³-hybridized carbons (Fsp3) is 0.571. The molecule has 3 nitrogen and oxygen atoms in total. The monoisotopic (exact) mass is 156 g/mol. The summed E-state index contributed by atoms with van der Waals surface area (Å²) in [6, 6.07) is 1.75. The van der Waals surface area contributed by atoms with Crippen LogP contribution >= 0.6 is 0 Å². The van der Waals surface area contributed by atoms with Gasteiger partial charge in [0.05, 0.1) is 18.8 Å². The van der Waals surface area contributed by atoms with Gasteiger partial charge < -0.3 is 5.11 Å². The van der Waals surface area contributed by atoms with Gasteiger partial charge in [0.2, 0.25) is 0 Å². The van der Waals surface area contributed by atoms with Crippen LogP contribution < -0.4 is 0 Å². The molecule has 1 N–H and O–H groups in total. The van der Waals surface area contributed by atoms with Crippen LogP contribution in [0.2, 0.25) is 0 Å². The Morgan fingerprint density at radius 2 is 2.64 bits per heavy atom. The van der Waals surface area contributed by atoms with Crippen LogP contribution in [0, 0.1) is 0 Å². The summed E-state index contributed by atoms with van der Waals surface area (Å²) in [6.07, 6.45) is -0.349. The van der Waals surface area contributed by atoms with E-state index in [0.29, 0.717) is 18.7 Å². The Morgan fingerprint density at radius 3 is 3.27 bits per heavy atom. The third-order valence-corrected chi connectivity index (χ3v) is 1.88. The van der Waals surface area contributed by atoms with Crippen LogP contribution in [0.3, 0.4) is 0 Å². The predicted molar refractivity (Wildman–Crippen MR) is 36.7 cm³/mol. The van der Waals surface area contributed by atoms with Crippen LogP contribution in [-0.4, -0.2) is 21.1 Å². The highest BCUT2D eigenvalue weighted by molar-refractivity contribution is 5.13. The Morgan fingerprint density at radius 1 is 1.82 bits per heavy atom. The van der Waals surface area contributed by atoms with Crippen molar-refractivity contribution in [1.29, 1.82) is 0 Å².